The Balaban J connectivity index is 1.74. The van der Waals surface area contributed by atoms with Gasteiger partial charge in [-0.2, -0.15) is 0 Å². The van der Waals surface area contributed by atoms with Crippen molar-refractivity contribution in [2.24, 2.45) is 11.8 Å². The summed E-state index contributed by atoms with van der Waals surface area (Å²) in [5.74, 6) is -0.107. The third kappa shape index (κ3) is 4.86. The van der Waals surface area contributed by atoms with E-state index in [4.69, 9.17) is 5.11 Å². The molecule has 0 spiro atoms. The monoisotopic (exact) mass is 303 g/mol. The molecule has 120 valence electrons. The van der Waals surface area contributed by atoms with Crippen molar-refractivity contribution in [3.8, 4) is 0 Å². The molecule has 0 heterocycles. The Bertz CT molecular complexity index is 492. The lowest BCUT2D eigenvalue weighted by molar-refractivity contribution is -0.138. The average Bonchev–Trinajstić information content (AvgIpc) is 2.53. The van der Waals surface area contributed by atoms with Gasteiger partial charge in [0.05, 0.1) is 0 Å². The van der Waals surface area contributed by atoms with E-state index in [0.717, 1.165) is 25.7 Å². The van der Waals surface area contributed by atoms with E-state index in [0.29, 0.717) is 12.5 Å². The first-order chi connectivity index (χ1) is 10.6. The van der Waals surface area contributed by atoms with E-state index in [1.807, 2.05) is 13.0 Å². The van der Waals surface area contributed by atoms with E-state index in [1.54, 1.807) is 0 Å². The molecule has 1 saturated carbocycles. The first kappa shape index (κ1) is 16.5. The summed E-state index contributed by atoms with van der Waals surface area (Å²) in [6.07, 6.45) is 4.03. The summed E-state index contributed by atoms with van der Waals surface area (Å²) in [6, 6.07) is 10.5. The highest BCUT2D eigenvalue weighted by molar-refractivity contribution is 5.78. The fraction of sp³-hybridized carbons (Fsp3) is 0.556. The van der Waals surface area contributed by atoms with Crippen LogP contribution < -0.4 is 5.32 Å². The van der Waals surface area contributed by atoms with Crippen molar-refractivity contribution < 1.29 is 14.7 Å². The summed E-state index contributed by atoms with van der Waals surface area (Å²) in [5, 5.41) is 11.6. The summed E-state index contributed by atoms with van der Waals surface area (Å²) in [7, 11) is 0. The number of rotatable bonds is 6. The predicted molar refractivity (Wildman–Crippen MR) is 85.6 cm³/mol. The van der Waals surface area contributed by atoms with Gasteiger partial charge in [-0.1, -0.05) is 37.3 Å². The maximum absolute atomic E-state index is 12.2. The normalized spacial score (nSPS) is 22.8. The summed E-state index contributed by atoms with van der Waals surface area (Å²) < 4.78 is 0. The topological polar surface area (TPSA) is 66.4 Å². The fourth-order valence-electron chi connectivity index (χ4n) is 3.20. The zero-order valence-corrected chi connectivity index (χ0v) is 13.1. The second kappa shape index (κ2) is 7.97. The number of benzene rings is 1. The molecule has 1 aromatic rings. The van der Waals surface area contributed by atoms with Crippen LogP contribution in [0, 0.1) is 11.8 Å². The molecule has 0 saturated heterocycles. The average molecular weight is 303 g/mol. The van der Waals surface area contributed by atoms with Crippen LogP contribution in [0.4, 0.5) is 0 Å². The highest BCUT2D eigenvalue weighted by Gasteiger charge is 2.27. The molecule has 0 aliphatic heterocycles. The van der Waals surface area contributed by atoms with Gasteiger partial charge in [0.1, 0.15) is 0 Å². The van der Waals surface area contributed by atoms with E-state index >= 15 is 0 Å². The molecular weight excluding hydrogens is 278 g/mol. The number of nitrogens with one attached hydrogen (secondary N) is 1. The Kier molecular flexibility index (Phi) is 5.99. The molecule has 1 atom stereocenters. The number of hydrogen-bond acceptors (Lipinski definition) is 2. The van der Waals surface area contributed by atoms with Gasteiger partial charge in [-0.05, 0) is 43.1 Å². The Labute approximate surface area is 131 Å². The minimum absolute atomic E-state index is 0.0258. The third-order valence-corrected chi connectivity index (χ3v) is 4.52. The highest BCUT2D eigenvalue weighted by atomic mass is 16.4. The molecule has 4 heteroatoms. The first-order valence-electron chi connectivity index (χ1n) is 8.10. The van der Waals surface area contributed by atoms with Crippen LogP contribution in [0.1, 0.15) is 50.5 Å². The molecular formula is C18H25NO3. The molecule has 22 heavy (non-hydrogen) atoms. The minimum atomic E-state index is -0.815. The van der Waals surface area contributed by atoms with Crippen molar-refractivity contribution in [3.05, 3.63) is 35.9 Å². The number of carbonyl (C=O) groups is 2. The van der Waals surface area contributed by atoms with Crippen LogP contribution in [0.5, 0.6) is 0 Å². The second-order valence-corrected chi connectivity index (χ2v) is 6.41. The zero-order valence-electron chi connectivity index (χ0n) is 13.1. The number of aliphatic carboxylic acids is 1. The maximum atomic E-state index is 12.2. The van der Waals surface area contributed by atoms with Gasteiger partial charge < -0.3 is 10.4 Å². The van der Waals surface area contributed by atoms with Crippen molar-refractivity contribution in [1.29, 1.82) is 0 Å². The van der Waals surface area contributed by atoms with Gasteiger partial charge in [0.15, 0.2) is 0 Å². The van der Waals surface area contributed by atoms with Crippen LogP contribution in [-0.2, 0) is 9.59 Å². The van der Waals surface area contributed by atoms with Crippen molar-refractivity contribution in [3.63, 3.8) is 0 Å². The molecule has 1 amide bonds. The van der Waals surface area contributed by atoms with E-state index in [-0.39, 0.29) is 24.2 Å². The van der Waals surface area contributed by atoms with Gasteiger partial charge in [-0.15, -0.1) is 0 Å². The standard InChI is InChI=1S/C18H25NO3/c1-13(11-17(20)21)12-19-18(22)16-9-7-15(8-10-16)14-5-3-2-4-6-14/h2-6,13,15-16H,7-12H2,1H3,(H,19,22)(H,20,21). The Hall–Kier alpha value is -1.84. The maximum Gasteiger partial charge on any atom is 0.303 e. The SMILES string of the molecule is CC(CNC(=O)C1CCC(c2ccccc2)CC1)CC(=O)O. The van der Waals surface area contributed by atoms with Gasteiger partial charge in [0, 0.05) is 18.9 Å². The summed E-state index contributed by atoms with van der Waals surface area (Å²) in [5.41, 5.74) is 1.37. The van der Waals surface area contributed by atoms with Gasteiger partial charge in [0.2, 0.25) is 5.91 Å². The van der Waals surface area contributed by atoms with Crippen molar-refractivity contribution in [2.45, 2.75) is 44.9 Å². The molecule has 1 unspecified atom stereocenters. The van der Waals surface area contributed by atoms with Gasteiger partial charge in [-0.25, -0.2) is 0 Å². The number of carbonyl (C=O) groups excluding carboxylic acids is 1. The Morgan fingerprint density at radius 3 is 2.41 bits per heavy atom. The largest absolute Gasteiger partial charge is 0.481 e. The summed E-state index contributed by atoms with van der Waals surface area (Å²) >= 11 is 0. The molecule has 1 aromatic carbocycles. The molecule has 2 N–H and O–H groups in total. The van der Waals surface area contributed by atoms with Gasteiger partial charge in [0.25, 0.3) is 0 Å². The van der Waals surface area contributed by atoms with E-state index in [1.165, 1.54) is 5.56 Å². The fourth-order valence-corrected chi connectivity index (χ4v) is 3.20. The molecule has 1 fully saturated rings. The van der Waals surface area contributed by atoms with Crippen molar-refractivity contribution in [2.75, 3.05) is 6.54 Å². The van der Waals surface area contributed by atoms with Crippen LogP contribution in [0.2, 0.25) is 0 Å². The molecule has 4 nitrogen and oxygen atoms in total. The lowest BCUT2D eigenvalue weighted by Gasteiger charge is -2.28. The predicted octanol–water partition coefficient (Wildman–Crippen LogP) is 3.19. The first-order valence-corrected chi connectivity index (χ1v) is 8.10. The highest BCUT2D eigenvalue weighted by Crippen LogP contribution is 2.35. The van der Waals surface area contributed by atoms with Crippen molar-refractivity contribution >= 4 is 11.9 Å². The number of hydrogen-bond donors (Lipinski definition) is 2. The quantitative estimate of drug-likeness (QED) is 0.848. The Morgan fingerprint density at radius 2 is 1.82 bits per heavy atom. The van der Waals surface area contributed by atoms with Crippen LogP contribution in [0.15, 0.2) is 30.3 Å². The minimum Gasteiger partial charge on any atom is -0.481 e. The lowest BCUT2D eigenvalue weighted by Crippen LogP contribution is -2.35. The van der Waals surface area contributed by atoms with Crippen LogP contribution >= 0.6 is 0 Å². The molecule has 0 aromatic heterocycles. The van der Waals surface area contributed by atoms with Gasteiger partial charge in [-0.3, -0.25) is 9.59 Å². The van der Waals surface area contributed by atoms with Crippen LogP contribution in [0.3, 0.4) is 0 Å². The van der Waals surface area contributed by atoms with Crippen LogP contribution in [-0.4, -0.2) is 23.5 Å². The second-order valence-electron chi connectivity index (χ2n) is 6.41. The molecule has 0 bridgehead atoms. The molecule has 0 radical (unpaired) electrons. The zero-order chi connectivity index (χ0) is 15.9. The van der Waals surface area contributed by atoms with Crippen molar-refractivity contribution in [1.82, 2.24) is 5.32 Å². The van der Waals surface area contributed by atoms with E-state index in [2.05, 4.69) is 29.6 Å². The van der Waals surface area contributed by atoms with E-state index in [9.17, 15) is 9.59 Å². The number of carboxylic acids is 1. The molecule has 1 aliphatic carbocycles. The molecule has 1 aliphatic rings. The summed E-state index contributed by atoms with van der Waals surface area (Å²) in [4.78, 5) is 22.8. The smallest absolute Gasteiger partial charge is 0.303 e. The van der Waals surface area contributed by atoms with E-state index < -0.39 is 5.97 Å². The molecule has 2 rings (SSSR count). The lowest BCUT2D eigenvalue weighted by atomic mass is 9.78. The Morgan fingerprint density at radius 1 is 1.18 bits per heavy atom. The van der Waals surface area contributed by atoms with Crippen LogP contribution in [0.25, 0.3) is 0 Å². The van der Waals surface area contributed by atoms with Gasteiger partial charge >= 0.3 is 5.97 Å². The third-order valence-electron chi connectivity index (χ3n) is 4.52. The number of amides is 1. The summed E-state index contributed by atoms with van der Waals surface area (Å²) in [6.45, 7) is 2.30. The number of carboxylic acid groups (broad SMARTS) is 1.